The fraction of sp³-hybridized carbons (Fsp3) is 0.273. The van der Waals surface area contributed by atoms with Crippen LogP contribution in [0.3, 0.4) is 0 Å². The number of carbonyl (C=O) groups excluding carboxylic acids is 1. The molecule has 0 saturated carbocycles. The van der Waals surface area contributed by atoms with E-state index in [2.05, 4.69) is 4.98 Å². The van der Waals surface area contributed by atoms with Gasteiger partial charge in [-0.05, 0) is 24.3 Å². The molecule has 0 aliphatic carbocycles. The minimum absolute atomic E-state index is 0.130. The van der Waals surface area contributed by atoms with Crippen LogP contribution < -0.4 is 9.47 Å². The molecule has 5 nitrogen and oxygen atoms in total. The standard InChI is InChI=1S/C22H19F3N2O3S/c1-29-17-7-2-3-8-18(17)30-13-20(28)27-10-9-16-19(12-27)31-21(26-16)14-5-4-6-15(11-14)22(23,24)25/h2-8,11H,9-10,12-13H2,1H3. The summed E-state index contributed by atoms with van der Waals surface area (Å²) in [7, 11) is 1.53. The number of hydrogen-bond donors (Lipinski definition) is 0. The highest BCUT2D eigenvalue weighted by atomic mass is 32.1. The topological polar surface area (TPSA) is 51.7 Å². The lowest BCUT2D eigenvalue weighted by Gasteiger charge is -2.26. The molecule has 2 heterocycles. The van der Waals surface area contributed by atoms with Gasteiger partial charge < -0.3 is 14.4 Å². The molecule has 1 aliphatic rings. The fourth-order valence-corrected chi connectivity index (χ4v) is 4.45. The van der Waals surface area contributed by atoms with Crippen LogP contribution in [0.2, 0.25) is 0 Å². The second kappa shape index (κ2) is 8.58. The Bertz CT molecular complexity index is 1100. The average molecular weight is 448 g/mol. The molecule has 0 bridgehead atoms. The van der Waals surface area contributed by atoms with Crippen molar-refractivity contribution in [2.24, 2.45) is 0 Å². The molecular formula is C22H19F3N2O3S. The molecule has 0 atom stereocenters. The second-order valence-electron chi connectivity index (χ2n) is 6.97. The van der Waals surface area contributed by atoms with Gasteiger partial charge in [0.05, 0.1) is 24.9 Å². The maximum atomic E-state index is 13.0. The first-order valence-corrected chi connectivity index (χ1v) is 10.4. The Hall–Kier alpha value is -3.07. The molecule has 0 unspecified atom stereocenters. The summed E-state index contributed by atoms with van der Waals surface area (Å²) in [6, 6.07) is 12.2. The number of aromatic nitrogens is 1. The van der Waals surface area contributed by atoms with E-state index >= 15 is 0 Å². The molecule has 0 saturated heterocycles. The minimum Gasteiger partial charge on any atom is -0.493 e. The third kappa shape index (κ3) is 4.66. The quantitative estimate of drug-likeness (QED) is 0.563. The summed E-state index contributed by atoms with van der Waals surface area (Å²) in [5, 5.41) is 0.524. The third-order valence-electron chi connectivity index (χ3n) is 4.94. The number of methoxy groups -OCH3 is 1. The predicted octanol–water partition coefficient (Wildman–Crippen LogP) is 4.80. The summed E-state index contributed by atoms with van der Waals surface area (Å²) in [6.07, 6.45) is -3.86. The molecule has 0 spiro atoms. The molecular weight excluding hydrogens is 429 g/mol. The van der Waals surface area contributed by atoms with E-state index in [-0.39, 0.29) is 12.5 Å². The molecule has 1 aromatic heterocycles. The number of amides is 1. The number of fused-ring (bicyclic) bond motifs is 1. The van der Waals surface area contributed by atoms with Crippen molar-refractivity contribution < 1.29 is 27.4 Å². The Balaban J connectivity index is 1.45. The van der Waals surface area contributed by atoms with Crippen molar-refractivity contribution in [2.75, 3.05) is 20.3 Å². The maximum absolute atomic E-state index is 13.0. The number of rotatable bonds is 5. The van der Waals surface area contributed by atoms with Gasteiger partial charge in [-0.15, -0.1) is 11.3 Å². The van der Waals surface area contributed by atoms with E-state index in [0.29, 0.717) is 41.6 Å². The molecule has 0 N–H and O–H groups in total. The maximum Gasteiger partial charge on any atom is 0.416 e. The number of thiazole rings is 1. The molecule has 4 rings (SSSR count). The number of para-hydroxylation sites is 2. The van der Waals surface area contributed by atoms with Crippen LogP contribution in [0.15, 0.2) is 48.5 Å². The minimum atomic E-state index is -4.41. The molecule has 0 fully saturated rings. The third-order valence-corrected chi connectivity index (χ3v) is 6.07. The number of ether oxygens (including phenoxy) is 2. The highest BCUT2D eigenvalue weighted by Crippen LogP contribution is 2.35. The SMILES string of the molecule is COc1ccccc1OCC(=O)N1CCc2nc(-c3cccc(C(F)(F)F)c3)sc2C1. The summed E-state index contributed by atoms with van der Waals surface area (Å²) in [6.45, 7) is 0.710. The van der Waals surface area contributed by atoms with Crippen LogP contribution in [0.1, 0.15) is 16.1 Å². The predicted molar refractivity (Wildman–Crippen MR) is 110 cm³/mol. The lowest BCUT2D eigenvalue weighted by atomic mass is 10.1. The van der Waals surface area contributed by atoms with Crippen molar-refractivity contribution in [2.45, 2.75) is 19.1 Å². The van der Waals surface area contributed by atoms with Gasteiger partial charge in [0, 0.05) is 23.4 Å². The van der Waals surface area contributed by atoms with Crippen molar-refractivity contribution in [1.29, 1.82) is 0 Å². The number of halogens is 3. The van der Waals surface area contributed by atoms with Crippen LogP contribution in [0.25, 0.3) is 10.6 Å². The summed E-state index contributed by atoms with van der Waals surface area (Å²) >= 11 is 1.32. The van der Waals surface area contributed by atoms with E-state index in [9.17, 15) is 18.0 Å². The molecule has 9 heteroatoms. The van der Waals surface area contributed by atoms with Crippen LogP contribution in [0, 0.1) is 0 Å². The van der Waals surface area contributed by atoms with Gasteiger partial charge in [-0.2, -0.15) is 13.2 Å². The smallest absolute Gasteiger partial charge is 0.416 e. The Labute approximate surface area is 181 Å². The zero-order chi connectivity index (χ0) is 22.0. The second-order valence-corrected chi connectivity index (χ2v) is 8.06. The lowest BCUT2D eigenvalue weighted by Crippen LogP contribution is -2.38. The molecule has 31 heavy (non-hydrogen) atoms. The molecule has 0 radical (unpaired) electrons. The number of alkyl halides is 3. The van der Waals surface area contributed by atoms with Crippen LogP contribution >= 0.6 is 11.3 Å². The fourth-order valence-electron chi connectivity index (χ4n) is 3.33. The largest absolute Gasteiger partial charge is 0.493 e. The van der Waals surface area contributed by atoms with E-state index in [1.165, 1.54) is 24.5 Å². The highest BCUT2D eigenvalue weighted by Gasteiger charge is 2.31. The first-order chi connectivity index (χ1) is 14.8. The van der Waals surface area contributed by atoms with E-state index < -0.39 is 11.7 Å². The number of hydrogen-bond acceptors (Lipinski definition) is 5. The molecule has 1 amide bonds. The van der Waals surface area contributed by atoms with Gasteiger partial charge in [-0.3, -0.25) is 4.79 Å². The van der Waals surface area contributed by atoms with Gasteiger partial charge in [0.15, 0.2) is 18.1 Å². The zero-order valence-corrected chi connectivity index (χ0v) is 17.4. The summed E-state index contributed by atoms with van der Waals surface area (Å²) in [5.41, 5.74) is 0.544. The Morgan fingerprint density at radius 2 is 1.94 bits per heavy atom. The van der Waals surface area contributed by atoms with Crippen molar-refractivity contribution >= 4 is 17.2 Å². The van der Waals surface area contributed by atoms with Gasteiger partial charge in [-0.25, -0.2) is 4.98 Å². The Morgan fingerprint density at radius 3 is 2.68 bits per heavy atom. The van der Waals surface area contributed by atoms with Crippen molar-refractivity contribution in [3.05, 3.63) is 64.7 Å². The van der Waals surface area contributed by atoms with Gasteiger partial charge in [0.25, 0.3) is 5.91 Å². The van der Waals surface area contributed by atoms with Crippen LogP contribution in [0.4, 0.5) is 13.2 Å². The summed E-state index contributed by atoms with van der Waals surface area (Å²) in [5.74, 6) is 0.857. The monoisotopic (exact) mass is 448 g/mol. The number of carbonyl (C=O) groups is 1. The van der Waals surface area contributed by atoms with Gasteiger partial charge in [-0.1, -0.05) is 24.3 Å². The van der Waals surface area contributed by atoms with E-state index in [1.54, 1.807) is 29.2 Å². The molecule has 162 valence electrons. The first kappa shape index (κ1) is 21.2. The lowest BCUT2D eigenvalue weighted by molar-refractivity contribution is -0.137. The normalized spacial score (nSPS) is 13.6. The first-order valence-electron chi connectivity index (χ1n) is 9.55. The van der Waals surface area contributed by atoms with Crippen molar-refractivity contribution in [3.8, 4) is 22.1 Å². The van der Waals surface area contributed by atoms with E-state index in [1.807, 2.05) is 6.07 Å². The van der Waals surface area contributed by atoms with Crippen molar-refractivity contribution in [1.82, 2.24) is 9.88 Å². The van der Waals surface area contributed by atoms with Crippen LogP contribution in [-0.4, -0.2) is 36.1 Å². The molecule has 3 aromatic rings. The molecule has 1 aliphatic heterocycles. The Kier molecular flexibility index (Phi) is 5.86. The van der Waals surface area contributed by atoms with Crippen LogP contribution in [0.5, 0.6) is 11.5 Å². The van der Waals surface area contributed by atoms with E-state index in [0.717, 1.165) is 22.7 Å². The number of nitrogens with zero attached hydrogens (tertiary/aromatic N) is 2. The zero-order valence-electron chi connectivity index (χ0n) is 16.6. The van der Waals surface area contributed by atoms with Gasteiger partial charge in [0.2, 0.25) is 0 Å². The molecule has 2 aromatic carbocycles. The van der Waals surface area contributed by atoms with Crippen LogP contribution in [-0.2, 0) is 23.9 Å². The number of benzene rings is 2. The summed E-state index contributed by atoms with van der Waals surface area (Å²) < 4.78 is 49.9. The van der Waals surface area contributed by atoms with Gasteiger partial charge in [0.1, 0.15) is 5.01 Å². The average Bonchev–Trinajstić information content (AvgIpc) is 3.20. The summed E-state index contributed by atoms with van der Waals surface area (Å²) in [4.78, 5) is 19.7. The van der Waals surface area contributed by atoms with Gasteiger partial charge >= 0.3 is 6.18 Å². The van der Waals surface area contributed by atoms with E-state index in [4.69, 9.17) is 9.47 Å². The van der Waals surface area contributed by atoms with Crippen molar-refractivity contribution in [3.63, 3.8) is 0 Å². The Morgan fingerprint density at radius 1 is 1.16 bits per heavy atom. The highest BCUT2D eigenvalue weighted by molar-refractivity contribution is 7.15.